The summed E-state index contributed by atoms with van der Waals surface area (Å²) in [6.45, 7) is 3.33. The van der Waals surface area contributed by atoms with Crippen LogP contribution in [-0.4, -0.2) is 37.2 Å². The highest BCUT2D eigenvalue weighted by atomic mass is 16.5. The molecule has 0 spiro atoms. The molecule has 0 saturated carbocycles. The fourth-order valence-electron chi connectivity index (χ4n) is 3.69. The maximum Gasteiger partial charge on any atom is 0.136 e. The molecule has 1 N–H and O–H groups in total. The molecule has 2 aliphatic rings. The first-order chi connectivity index (χ1) is 10.3. The summed E-state index contributed by atoms with van der Waals surface area (Å²) in [6.07, 6.45) is 5.28. The van der Waals surface area contributed by atoms with Crippen LogP contribution in [0.3, 0.4) is 0 Å². The van der Waals surface area contributed by atoms with E-state index in [-0.39, 0.29) is 0 Å². The number of nitrogens with zero attached hydrogens (tertiary/aromatic N) is 2. The molecule has 2 saturated heterocycles. The molecule has 0 aliphatic carbocycles. The van der Waals surface area contributed by atoms with Crippen LogP contribution in [0, 0.1) is 11.3 Å². The number of rotatable bonds is 4. The number of nitriles is 1. The van der Waals surface area contributed by atoms with Crippen molar-refractivity contribution in [3.8, 4) is 11.8 Å². The number of ether oxygens (including phenoxy) is 1. The molecule has 21 heavy (non-hydrogen) atoms. The molecule has 112 valence electrons. The fourth-order valence-corrected chi connectivity index (χ4v) is 3.69. The molecule has 3 rings (SSSR count). The second-order valence-electron chi connectivity index (χ2n) is 6.02. The van der Waals surface area contributed by atoms with Crippen molar-refractivity contribution in [2.24, 2.45) is 0 Å². The van der Waals surface area contributed by atoms with Crippen molar-refractivity contribution in [1.82, 2.24) is 10.2 Å². The lowest BCUT2D eigenvalue weighted by Gasteiger charge is -2.32. The Labute approximate surface area is 126 Å². The molecular formula is C17H23N3O. The van der Waals surface area contributed by atoms with Crippen LogP contribution in [0.15, 0.2) is 18.2 Å². The van der Waals surface area contributed by atoms with Crippen LogP contribution >= 0.6 is 0 Å². The Hall–Kier alpha value is -1.57. The van der Waals surface area contributed by atoms with Gasteiger partial charge in [0.25, 0.3) is 0 Å². The lowest BCUT2D eigenvalue weighted by molar-refractivity contribution is 0.180. The topological polar surface area (TPSA) is 48.3 Å². The number of nitrogens with one attached hydrogen (secondary N) is 1. The Morgan fingerprint density at radius 2 is 2.24 bits per heavy atom. The lowest BCUT2D eigenvalue weighted by atomic mass is 9.99. The predicted molar refractivity (Wildman–Crippen MR) is 82.2 cm³/mol. The van der Waals surface area contributed by atoms with Crippen LogP contribution in [0.1, 0.15) is 36.8 Å². The van der Waals surface area contributed by atoms with Crippen molar-refractivity contribution >= 4 is 0 Å². The second-order valence-corrected chi connectivity index (χ2v) is 6.02. The Bertz CT molecular complexity index is 537. The summed E-state index contributed by atoms with van der Waals surface area (Å²) in [6, 6.07) is 9.37. The van der Waals surface area contributed by atoms with Crippen molar-refractivity contribution in [3.05, 3.63) is 29.3 Å². The molecule has 2 aliphatic heterocycles. The molecule has 1 aromatic carbocycles. The second kappa shape index (κ2) is 6.46. The van der Waals surface area contributed by atoms with E-state index in [1.54, 1.807) is 7.11 Å². The fraction of sp³-hybridized carbons (Fsp3) is 0.588. The van der Waals surface area contributed by atoms with Crippen molar-refractivity contribution in [1.29, 1.82) is 5.26 Å². The average Bonchev–Trinajstić information content (AvgIpc) is 2.96. The van der Waals surface area contributed by atoms with Gasteiger partial charge in [0.1, 0.15) is 11.8 Å². The number of methoxy groups -OCH3 is 1. The Kier molecular flexibility index (Phi) is 4.42. The van der Waals surface area contributed by atoms with Crippen LogP contribution in [0.25, 0.3) is 0 Å². The first-order valence-electron chi connectivity index (χ1n) is 7.86. The quantitative estimate of drug-likeness (QED) is 0.922. The maximum absolute atomic E-state index is 9.15. The molecule has 0 amide bonds. The van der Waals surface area contributed by atoms with Gasteiger partial charge >= 0.3 is 0 Å². The smallest absolute Gasteiger partial charge is 0.136 e. The van der Waals surface area contributed by atoms with Gasteiger partial charge in [-0.1, -0.05) is 12.5 Å². The van der Waals surface area contributed by atoms with Gasteiger partial charge in [0.2, 0.25) is 0 Å². The molecule has 0 bridgehead atoms. The SMILES string of the molecule is COc1ccc(CNC2CCN3CCCCC23)cc1C#N. The molecular weight excluding hydrogens is 262 g/mol. The summed E-state index contributed by atoms with van der Waals surface area (Å²) in [7, 11) is 1.60. The van der Waals surface area contributed by atoms with E-state index in [1.165, 1.54) is 38.8 Å². The molecule has 4 heteroatoms. The van der Waals surface area contributed by atoms with Gasteiger partial charge in [-0.15, -0.1) is 0 Å². The molecule has 0 aromatic heterocycles. The zero-order valence-electron chi connectivity index (χ0n) is 12.6. The van der Waals surface area contributed by atoms with E-state index in [2.05, 4.69) is 16.3 Å². The molecule has 1 aromatic rings. The Morgan fingerprint density at radius 1 is 1.33 bits per heavy atom. The minimum absolute atomic E-state index is 0.595. The first-order valence-corrected chi connectivity index (χ1v) is 7.86. The van der Waals surface area contributed by atoms with E-state index >= 15 is 0 Å². The molecule has 4 nitrogen and oxygen atoms in total. The average molecular weight is 285 g/mol. The van der Waals surface area contributed by atoms with E-state index in [1.807, 2.05) is 18.2 Å². The Balaban J connectivity index is 1.61. The highest BCUT2D eigenvalue weighted by molar-refractivity contribution is 5.45. The van der Waals surface area contributed by atoms with Crippen molar-refractivity contribution < 1.29 is 4.74 Å². The minimum atomic E-state index is 0.595. The molecule has 2 fully saturated rings. The monoisotopic (exact) mass is 285 g/mol. The van der Waals surface area contributed by atoms with Gasteiger partial charge < -0.3 is 10.1 Å². The number of fused-ring (bicyclic) bond motifs is 1. The zero-order valence-corrected chi connectivity index (χ0v) is 12.6. The zero-order chi connectivity index (χ0) is 14.7. The normalized spacial score (nSPS) is 25.3. The third kappa shape index (κ3) is 3.04. The van der Waals surface area contributed by atoms with Crippen molar-refractivity contribution in [2.45, 2.75) is 44.3 Å². The standard InChI is InChI=1S/C17H23N3O/c1-21-17-6-5-13(10-14(17)11-18)12-19-15-7-9-20-8-3-2-4-16(15)20/h5-6,10,15-16,19H,2-4,7-9,12H2,1H3. The summed E-state index contributed by atoms with van der Waals surface area (Å²) in [5.41, 5.74) is 1.77. The van der Waals surface area contributed by atoms with Crippen LogP contribution in [0.4, 0.5) is 0 Å². The van der Waals surface area contributed by atoms with Crippen LogP contribution in [0.5, 0.6) is 5.75 Å². The summed E-state index contributed by atoms with van der Waals surface area (Å²) < 4.78 is 5.19. The van der Waals surface area contributed by atoms with Crippen LogP contribution in [-0.2, 0) is 6.54 Å². The summed E-state index contributed by atoms with van der Waals surface area (Å²) in [5.74, 6) is 0.653. The molecule has 2 heterocycles. The van der Waals surface area contributed by atoms with E-state index in [9.17, 15) is 0 Å². The number of hydrogen-bond acceptors (Lipinski definition) is 4. The van der Waals surface area contributed by atoms with Gasteiger partial charge in [0.05, 0.1) is 12.7 Å². The number of hydrogen-bond donors (Lipinski definition) is 1. The largest absolute Gasteiger partial charge is 0.495 e. The van der Waals surface area contributed by atoms with E-state index in [4.69, 9.17) is 10.00 Å². The molecule has 0 radical (unpaired) electrons. The third-order valence-electron chi connectivity index (χ3n) is 4.81. The van der Waals surface area contributed by atoms with Gasteiger partial charge in [-0.3, -0.25) is 4.90 Å². The first kappa shape index (κ1) is 14.4. The van der Waals surface area contributed by atoms with E-state index < -0.39 is 0 Å². The Morgan fingerprint density at radius 3 is 3.05 bits per heavy atom. The van der Waals surface area contributed by atoms with Crippen molar-refractivity contribution in [3.63, 3.8) is 0 Å². The summed E-state index contributed by atoms with van der Waals surface area (Å²) in [4.78, 5) is 2.63. The summed E-state index contributed by atoms with van der Waals surface area (Å²) in [5, 5.41) is 12.8. The molecule has 2 atom stereocenters. The highest BCUT2D eigenvalue weighted by Crippen LogP contribution is 2.27. The van der Waals surface area contributed by atoms with Crippen LogP contribution < -0.4 is 10.1 Å². The van der Waals surface area contributed by atoms with Gasteiger partial charge in [0.15, 0.2) is 0 Å². The number of piperidine rings is 1. The van der Waals surface area contributed by atoms with Crippen molar-refractivity contribution in [2.75, 3.05) is 20.2 Å². The number of benzene rings is 1. The maximum atomic E-state index is 9.15. The van der Waals surface area contributed by atoms with Gasteiger partial charge in [-0.25, -0.2) is 0 Å². The summed E-state index contributed by atoms with van der Waals surface area (Å²) >= 11 is 0. The van der Waals surface area contributed by atoms with E-state index in [0.717, 1.165) is 12.1 Å². The van der Waals surface area contributed by atoms with Gasteiger partial charge in [0, 0.05) is 25.2 Å². The highest BCUT2D eigenvalue weighted by Gasteiger charge is 2.34. The third-order valence-corrected chi connectivity index (χ3v) is 4.81. The van der Waals surface area contributed by atoms with Crippen LogP contribution in [0.2, 0.25) is 0 Å². The van der Waals surface area contributed by atoms with E-state index in [0.29, 0.717) is 23.4 Å². The van der Waals surface area contributed by atoms with Gasteiger partial charge in [-0.2, -0.15) is 5.26 Å². The van der Waals surface area contributed by atoms with Gasteiger partial charge in [-0.05, 0) is 43.5 Å². The lowest BCUT2D eigenvalue weighted by Crippen LogP contribution is -2.44. The molecule has 2 unspecified atom stereocenters. The predicted octanol–water partition coefficient (Wildman–Crippen LogP) is 2.28. The minimum Gasteiger partial charge on any atom is -0.495 e.